The van der Waals surface area contributed by atoms with Crippen LogP contribution in [0.4, 0.5) is 11.4 Å². The maximum Gasteiger partial charge on any atom is 0.229 e. The molecule has 31 heavy (non-hydrogen) atoms. The zero-order valence-corrected chi connectivity index (χ0v) is 18.8. The van der Waals surface area contributed by atoms with Crippen molar-refractivity contribution in [1.82, 2.24) is 0 Å². The van der Waals surface area contributed by atoms with Gasteiger partial charge in [-0.05, 0) is 72.6 Å². The van der Waals surface area contributed by atoms with E-state index in [2.05, 4.69) is 28.2 Å². The zero-order valence-electron chi connectivity index (χ0n) is 17.2. The molecule has 5 nitrogen and oxygen atoms in total. The minimum absolute atomic E-state index is 0.0253. The molecule has 0 aliphatic carbocycles. The van der Waals surface area contributed by atoms with Gasteiger partial charge in [-0.1, -0.05) is 35.0 Å². The van der Waals surface area contributed by atoms with Gasteiger partial charge in [-0.25, -0.2) is 0 Å². The van der Waals surface area contributed by atoms with E-state index >= 15 is 0 Å². The molecule has 0 radical (unpaired) electrons. The zero-order chi connectivity index (χ0) is 21.8. The number of hydrogen-bond acceptors (Lipinski definition) is 3. The van der Waals surface area contributed by atoms with E-state index in [1.807, 2.05) is 48.5 Å². The molecule has 4 rings (SSSR count). The molecule has 158 valence electrons. The van der Waals surface area contributed by atoms with Gasteiger partial charge in [-0.2, -0.15) is 0 Å². The average Bonchev–Trinajstić information content (AvgIpc) is 3.18. The average molecular weight is 479 g/mol. The number of nitrogens with zero attached hydrogens (tertiary/aromatic N) is 1. The Morgan fingerprint density at radius 2 is 1.61 bits per heavy atom. The molecule has 0 bridgehead atoms. The molecule has 1 atom stereocenters. The first-order valence-electron chi connectivity index (χ1n) is 10.3. The predicted molar refractivity (Wildman–Crippen MR) is 126 cm³/mol. The normalized spacial score (nSPS) is 15.7. The maximum absolute atomic E-state index is 12.7. The van der Waals surface area contributed by atoms with Crippen LogP contribution >= 0.6 is 15.9 Å². The Morgan fingerprint density at radius 3 is 2.23 bits per heavy atom. The fraction of sp³-hybridized carbons (Fsp3) is 0.200. The van der Waals surface area contributed by atoms with Crippen molar-refractivity contribution in [2.45, 2.75) is 19.8 Å². The SMILES string of the molecule is CCc1ccc(N2C[C@@H](C(=O)Nc3ccc(Oc4ccc(Br)cc4)cc3)CC2=O)cc1. The van der Waals surface area contributed by atoms with Gasteiger partial charge in [0.05, 0.1) is 5.92 Å². The fourth-order valence-electron chi connectivity index (χ4n) is 3.53. The molecule has 2 amide bonds. The van der Waals surface area contributed by atoms with Gasteiger partial charge in [-0.3, -0.25) is 9.59 Å². The van der Waals surface area contributed by atoms with Gasteiger partial charge in [-0.15, -0.1) is 0 Å². The number of benzene rings is 3. The van der Waals surface area contributed by atoms with Crippen molar-refractivity contribution < 1.29 is 14.3 Å². The van der Waals surface area contributed by atoms with Gasteiger partial charge in [0.1, 0.15) is 11.5 Å². The lowest BCUT2D eigenvalue weighted by Crippen LogP contribution is -2.28. The Morgan fingerprint density at radius 1 is 1.00 bits per heavy atom. The number of ether oxygens (including phenoxy) is 1. The minimum Gasteiger partial charge on any atom is -0.457 e. The summed E-state index contributed by atoms with van der Waals surface area (Å²) in [7, 11) is 0. The van der Waals surface area contributed by atoms with Crippen LogP contribution in [0.3, 0.4) is 0 Å². The quantitative estimate of drug-likeness (QED) is 0.487. The summed E-state index contributed by atoms with van der Waals surface area (Å²) >= 11 is 3.40. The minimum atomic E-state index is -0.378. The summed E-state index contributed by atoms with van der Waals surface area (Å²) in [6, 6.07) is 22.7. The van der Waals surface area contributed by atoms with E-state index in [1.54, 1.807) is 29.2 Å². The Kier molecular flexibility index (Phi) is 6.37. The molecule has 1 aliphatic heterocycles. The van der Waals surface area contributed by atoms with Gasteiger partial charge < -0.3 is 15.0 Å². The third-order valence-electron chi connectivity index (χ3n) is 5.32. The van der Waals surface area contributed by atoms with Crippen molar-refractivity contribution >= 4 is 39.1 Å². The van der Waals surface area contributed by atoms with E-state index in [4.69, 9.17) is 4.74 Å². The monoisotopic (exact) mass is 478 g/mol. The number of anilines is 2. The van der Waals surface area contributed by atoms with Crippen molar-refractivity contribution in [3.63, 3.8) is 0 Å². The fourth-order valence-corrected chi connectivity index (χ4v) is 3.80. The van der Waals surface area contributed by atoms with Gasteiger partial charge in [0.25, 0.3) is 0 Å². The molecule has 0 aromatic heterocycles. The molecule has 1 heterocycles. The lowest BCUT2D eigenvalue weighted by molar-refractivity contribution is -0.122. The van der Waals surface area contributed by atoms with Crippen molar-refractivity contribution in [3.05, 3.63) is 82.8 Å². The van der Waals surface area contributed by atoms with Gasteiger partial charge >= 0.3 is 0 Å². The van der Waals surface area contributed by atoms with Gasteiger partial charge in [0.2, 0.25) is 11.8 Å². The molecule has 1 fully saturated rings. The van der Waals surface area contributed by atoms with Crippen molar-refractivity contribution in [2.24, 2.45) is 5.92 Å². The van der Waals surface area contributed by atoms with Crippen LogP contribution in [0.1, 0.15) is 18.9 Å². The molecule has 6 heteroatoms. The first-order valence-corrected chi connectivity index (χ1v) is 11.0. The molecule has 0 saturated carbocycles. The van der Waals surface area contributed by atoms with Crippen molar-refractivity contribution in [2.75, 3.05) is 16.8 Å². The summed E-state index contributed by atoms with van der Waals surface area (Å²) in [5.74, 6) is 0.858. The van der Waals surface area contributed by atoms with Crippen LogP contribution in [0.2, 0.25) is 0 Å². The Balaban J connectivity index is 1.35. The third-order valence-corrected chi connectivity index (χ3v) is 5.85. The number of carbonyl (C=O) groups excluding carboxylic acids is 2. The molecule has 1 aliphatic rings. The van der Waals surface area contributed by atoms with Crippen LogP contribution < -0.4 is 15.0 Å². The van der Waals surface area contributed by atoms with E-state index in [9.17, 15) is 9.59 Å². The van der Waals surface area contributed by atoms with Gasteiger partial charge in [0, 0.05) is 28.8 Å². The number of rotatable bonds is 6. The van der Waals surface area contributed by atoms with Crippen molar-refractivity contribution in [3.8, 4) is 11.5 Å². The molecule has 3 aromatic carbocycles. The topological polar surface area (TPSA) is 58.6 Å². The summed E-state index contributed by atoms with van der Waals surface area (Å²) in [5, 5.41) is 2.91. The van der Waals surface area contributed by atoms with Crippen LogP contribution in [0.5, 0.6) is 11.5 Å². The summed E-state index contributed by atoms with van der Waals surface area (Å²) < 4.78 is 6.79. The summed E-state index contributed by atoms with van der Waals surface area (Å²) in [6.45, 7) is 2.48. The number of nitrogens with one attached hydrogen (secondary N) is 1. The second-order valence-corrected chi connectivity index (χ2v) is 8.41. The predicted octanol–water partition coefficient (Wildman–Crippen LogP) is 5.80. The maximum atomic E-state index is 12.7. The van der Waals surface area contributed by atoms with E-state index in [0.717, 1.165) is 22.3 Å². The number of aryl methyl sites for hydroxylation is 1. The van der Waals surface area contributed by atoms with Crippen LogP contribution in [-0.4, -0.2) is 18.4 Å². The number of hydrogen-bond donors (Lipinski definition) is 1. The Labute approximate surface area is 190 Å². The van der Waals surface area contributed by atoms with E-state index < -0.39 is 0 Å². The van der Waals surface area contributed by atoms with E-state index in [1.165, 1.54) is 5.56 Å². The number of amides is 2. The number of carbonyl (C=O) groups is 2. The van der Waals surface area contributed by atoms with Crippen LogP contribution in [0, 0.1) is 5.92 Å². The van der Waals surface area contributed by atoms with Crippen LogP contribution in [-0.2, 0) is 16.0 Å². The first-order chi connectivity index (χ1) is 15.0. The van der Waals surface area contributed by atoms with E-state index in [-0.39, 0.29) is 24.2 Å². The summed E-state index contributed by atoms with van der Waals surface area (Å²) in [6.07, 6.45) is 1.17. The van der Waals surface area contributed by atoms with Crippen molar-refractivity contribution in [1.29, 1.82) is 0 Å². The summed E-state index contributed by atoms with van der Waals surface area (Å²) in [4.78, 5) is 26.9. The second-order valence-electron chi connectivity index (χ2n) is 7.50. The Bertz CT molecular complexity index is 1060. The highest BCUT2D eigenvalue weighted by atomic mass is 79.9. The standard InChI is InChI=1S/C25H23BrN2O3/c1-2-17-3-9-21(10-4-17)28-16-18(15-24(28)29)25(30)27-20-7-13-23(14-8-20)31-22-11-5-19(26)6-12-22/h3-14,18H,2,15-16H2,1H3,(H,27,30)/t18-/m0/s1. The lowest BCUT2D eigenvalue weighted by atomic mass is 10.1. The first kappa shape index (κ1) is 21.1. The lowest BCUT2D eigenvalue weighted by Gasteiger charge is -2.17. The highest BCUT2D eigenvalue weighted by Crippen LogP contribution is 2.28. The Hall–Kier alpha value is -3.12. The largest absolute Gasteiger partial charge is 0.457 e. The van der Waals surface area contributed by atoms with E-state index in [0.29, 0.717) is 18.0 Å². The molecule has 0 unspecified atom stereocenters. The smallest absolute Gasteiger partial charge is 0.229 e. The van der Waals surface area contributed by atoms with Gasteiger partial charge in [0.15, 0.2) is 0 Å². The molecule has 3 aromatic rings. The molecule has 1 N–H and O–H groups in total. The summed E-state index contributed by atoms with van der Waals surface area (Å²) in [5.41, 5.74) is 2.73. The highest BCUT2D eigenvalue weighted by molar-refractivity contribution is 9.10. The molecular formula is C25H23BrN2O3. The molecular weight excluding hydrogens is 456 g/mol. The number of halogens is 1. The molecule has 0 spiro atoms. The van der Waals surface area contributed by atoms with Crippen LogP contribution in [0.15, 0.2) is 77.3 Å². The van der Waals surface area contributed by atoms with Crippen LogP contribution in [0.25, 0.3) is 0 Å². The second kappa shape index (κ2) is 9.35. The molecule has 1 saturated heterocycles. The third kappa shape index (κ3) is 5.14. The highest BCUT2D eigenvalue weighted by Gasteiger charge is 2.35.